The van der Waals surface area contributed by atoms with Gasteiger partial charge < -0.3 is 10.4 Å². The zero-order chi connectivity index (χ0) is 14.4. The number of amides is 1. The van der Waals surface area contributed by atoms with Crippen molar-refractivity contribution in [3.63, 3.8) is 0 Å². The smallest absolute Gasteiger partial charge is 0.305 e. The summed E-state index contributed by atoms with van der Waals surface area (Å²) < 4.78 is 0.961. The van der Waals surface area contributed by atoms with Crippen molar-refractivity contribution in [2.45, 2.75) is 32.7 Å². The largest absolute Gasteiger partial charge is 0.481 e. The molecular formula is C14H18BrNO3. The van der Waals surface area contributed by atoms with Gasteiger partial charge in [-0.05, 0) is 23.6 Å². The Bertz CT molecular complexity index is 443. The third kappa shape index (κ3) is 5.87. The number of hydrogen-bond donors (Lipinski definition) is 2. The van der Waals surface area contributed by atoms with Crippen molar-refractivity contribution < 1.29 is 14.7 Å². The molecule has 1 aromatic rings. The molecule has 1 aromatic carbocycles. The Hall–Kier alpha value is -1.36. The number of benzene rings is 1. The minimum atomic E-state index is -0.900. The fraction of sp³-hybridized carbons (Fsp3) is 0.429. The maximum absolute atomic E-state index is 11.9. The Morgan fingerprint density at radius 2 is 1.84 bits per heavy atom. The predicted molar refractivity (Wildman–Crippen MR) is 76.9 cm³/mol. The van der Waals surface area contributed by atoms with E-state index in [4.69, 9.17) is 5.11 Å². The molecule has 0 spiro atoms. The van der Waals surface area contributed by atoms with Crippen molar-refractivity contribution in [1.29, 1.82) is 0 Å². The van der Waals surface area contributed by atoms with Crippen LogP contribution in [0.25, 0.3) is 0 Å². The van der Waals surface area contributed by atoms with Gasteiger partial charge in [0.2, 0.25) is 5.91 Å². The van der Waals surface area contributed by atoms with E-state index in [1.54, 1.807) is 0 Å². The van der Waals surface area contributed by atoms with E-state index in [2.05, 4.69) is 21.2 Å². The molecule has 0 aromatic heterocycles. The lowest BCUT2D eigenvalue weighted by Gasteiger charge is -2.20. The fourth-order valence-electron chi connectivity index (χ4n) is 1.69. The molecule has 1 rings (SSSR count). The Morgan fingerprint density at radius 1 is 1.26 bits per heavy atom. The first-order chi connectivity index (χ1) is 8.88. The maximum atomic E-state index is 11.9. The number of carbonyl (C=O) groups is 2. The molecule has 104 valence electrons. The van der Waals surface area contributed by atoms with Crippen LogP contribution in [-0.4, -0.2) is 23.0 Å². The predicted octanol–water partition coefficient (Wildman–Crippen LogP) is 2.61. The molecule has 2 N–H and O–H groups in total. The van der Waals surface area contributed by atoms with Crippen LogP contribution in [0.5, 0.6) is 0 Å². The SMILES string of the molecule is CC(C)C(CC(=O)O)NC(=O)Cc1ccc(Br)cc1. The Labute approximate surface area is 121 Å². The normalized spacial score (nSPS) is 12.2. The van der Waals surface area contributed by atoms with E-state index in [-0.39, 0.29) is 30.7 Å². The lowest BCUT2D eigenvalue weighted by atomic mass is 10.0. The van der Waals surface area contributed by atoms with E-state index >= 15 is 0 Å². The summed E-state index contributed by atoms with van der Waals surface area (Å²) in [5.41, 5.74) is 0.901. The van der Waals surface area contributed by atoms with Crippen LogP contribution in [0.3, 0.4) is 0 Å². The molecule has 1 atom stereocenters. The third-order valence-corrected chi connectivity index (χ3v) is 3.35. The van der Waals surface area contributed by atoms with Gasteiger partial charge >= 0.3 is 5.97 Å². The maximum Gasteiger partial charge on any atom is 0.305 e. The Kier molecular flexibility index (Phi) is 6.02. The van der Waals surface area contributed by atoms with Gasteiger partial charge in [-0.1, -0.05) is 41.9 Å². The average Bonchev–Trinajstić information content (AvgIpc) is 2.30. The molecule has 0 radical (unpaired) electrons. The highest BCUT2D eigenvalue weighted by Gasteiger charge is 2.19. The van der Waals surface area contributed by atoms with Crippen molar-refractivity contribution in [1.82, 2.24) is 5.32 Å². The molecule has 4 nitrogen and oxygen atoms in total. The molecule has 0 aliphatic heterocycles. The number of carboxylic acids is 1. The summed E-state index contributed by atoms with van der Waals surface area (Å²) >= 11 is 3.33. The zero-order valence-corrected chi connectivity index (χ0v) is 12.6. The molecule has 0 saturated heterocycles. The summed E-state index contributed by atoms with van der Waals surface area (Å²) in [5.74, 6) is -0.963. The zero-order valence-electron chi connectivity index (χ0n) is 11.0. The Balaban J connectivity index is 2.57. The Morgan fingerprint density at radius 3 is 2.32 bits per heavy atom. The molecule has 0 heterocycles. The van der Waals surface area contributed by atoms with E-state index < -0.39 is 5.97 Å². The molecule has 1 unspecified atom stereocenters. The number of halogens is 1. The van der Waals surface area contributed by atoms with Crippen molar-refractivity contribution in [3.05, 3.63) is 34.3 Å². The molecule has 5 heteroatoms. The number of carboxylic acid groups (broad SMARTS) is 1. The number of hydrogen-bond acceptors (Lipinski definition) is 2. The van der Waals surface area contributed by atoms with Crippen LogP contribution >= 0.6 is 15.9 Å². The van der Waals surface area contributed by atoms with Gasteiger partial charge in [-0.3, -0.25) is 9.59 Å². The van der Waals surface area contributed by atoms with Gasteiger partial charge in [-0.25, -0.2) is 0 Å². The second kappa shape index (κ2) is 7.28. The first kappa shape index (κ1) is 15.7. The van der Waals surface area contributed by atoms with E-state index in [1.807, 2.05) is 38.1 Å². The first-order valence-electron chi connectivity index (χ1n) is 6.14. The molecule has 0 aliphatic rings. The van der Waals surface area contributed by atoms with E-state index in [1.165, 1.54) is 0 Å². The van der Waals surface area contributed by atoms with Gasteiger partial charge in [-0.15, -0.1) is 0 Å². The molecular weight excluding hydrogens is 310 g/mol. The van der Waals surface area contributed by atoms with Gasteiger partial charge in [0.1, 0.15) is 0 Å². The van der Waals surface area contributed by atoms with Gasteiger partial charge in [0.05, 0.1) is 12.8 Å². The number of rotatable bonds is 6. The lowest BCUT2D eigenvalue weighted by Crippen LogP contribution is -2.40. The summed E-state index contributed by atoms with van der Waals surface area (Å²) in [5, 5.41) is 11.6. The monoisotopic (exact) mass is 327 g/mol. The van der Waals surface area contributed by atoms with E-state index in [9.17, 15) is 9.59 Å². The van der Waals surface area contributed by atoms with Crippen LogP contribution < -0.4 is 5.32 Å². The van der Waals surface area contributed by atoms with Gasteiger partial charge in [-0.2, -0.15) is 0 Å². The minimum absolute atomic E-state index is 0.0518. The molecule has 0 fully saturated rings. The first-order valence-corrected chi connectivity index (χ1v) is 6.93. The highest BCUT2D eigenvalue weighted by Crippen LogP contribution is 2.11. The van der Waals surface area contributed by atoms with Crippen molar-refractivity contribution in [3.8, 4) is 0 Å². The van der Waals surface area contributed by atoms with E-state index in [0.29, 0.717) is 0 Å². The molecule has 0 bridgehead atoms. The summed E-state index contributed by atoms with van der Waals surface area (Å²) in [6, 6.07) is 7.15. The molecule has 0 saturated carbocycles. The van der Waals surface area contributed by atoms with Crippen LogP contribution in [-0.2, 0) is 16.0 Å². The number of nitrogens with one attached hydrogen (secondary N) is 1. The standard InChI is InChI=1S/C14H18BrNO3/c1-9(2)12(8-14(18)19)16-13(17)7-10-3-5-11(15)6-4-10/h3-6,9,12H,7-8H2,1-2H3,(H,16,17)(H,18,19). The molecule has 0 aliphatic carbocycles. The fourth-order valence-corrected chi connectivity index (χ4v) is 1.95. The van der Waals surface area contributed by atoms with Crippen LogP contribution in [0.1, 0.15) is 25.8 Å². The summed E-state index contributed by atoms with van der Waals surface area (Å²) in [7, 11) is 0. The quantitative estimate of drug-likeness (QED) is 0.844. The number of carbonyl (C=O) groups excluding carboxylic acids is 1. The van der Waals surface area contributed by atoms with Gasteiger partial charge in [0.15, 0.2) is 0 Å². The van der Waals surface area contributed by atoms with Crippen molar-refractivity contribution in [2.24, 2.45) is 5.92 Å². The number of aliphatic carboxylic acids is 1. The van der Waals surface area contributed by atoms with Gasteiger partial charge in [0.25, 0.3) is 0 Å². The van der Waals surface area contributed by atoms with Crippen molar-refractivity contribution >= 4 is 27.8 Å². The lowest BCUT2D eigenvalue weighted by molar-refractivity contribution is -0.138. The molecule has 1 amide bonds. The van der Waals surface area contributed by atoms with Crippen LogP contribution in [0.15, 0.2) is 28.7 Å². The minimum Gasteiger partial charge on any atom is -0.481 e. The molecule has 19 heavy (non-hydrogen) atoms. The summed E-state index contributed by atoms with van der Waals surface area (Å²) in [6.45, 7) is 3.79. The van der Waals surface area contributed by atoms with Crippen molar-refractivity contribution in [2.75, 3.05) is 0 Å². The summed E-state index contributed by atoms with van der Waals surface area (Å²) in [4.78, 5) is 22.6. The average molecular weight is 328 g/mol. The third-order valence-electron chi connectivity index (χ3n) is 2.82. The van der Waals surface area contributed by atoms with Gasteiger partial charge in [0, 0.05) is 10.5 Å². The highest BCUT2D eigenvalue weighted by molar-refractivity contribution is 9.10. The van der Waals surface area contributed by atoms with Crippen LogP contribution in [0.2, 0.25) is 0 Å². The topological polar surface area (TPSA) is 66.4 Å². The van der Waals surface area contributed by atoms with Crippen LogP contribution in [0, 0.1) is 5.92 Å². The van der Waals surface area contributed by atoms with E-state index in [0.717, 1.165) is 10.0 Å². The second-order valence-corrected chi connectivity index (χ2v) is 5.73. The highest BCUT2D eigenvalue weighted by atomic mass is 79.9. The van der Waals surface area contributed by atoms with Crippen LogP contribution in [0.4, 0.5) is 0 Å². The summed E-state index contributed by atoms with van der Waals surface area (Å²) in [6.07, 6.45) is 0.208. The second-order valence-electron chi connectivity index (χ2n) is 4.82.